The van der Waals surface area contributed by atoms with Crippen LogP contribution in [-0.2, 0) is 18.8 Å². The molecule has 0 aliphatic carbocycles. The predicted octanol–water partition coefficient (Wildman–Crippen LogP) is 3.27. The highest BCUT2D eigenvalue weighted by Crippen LogP contribution is 2.44. The van der Waals surface area contributed by atoms with Crippen molar-refractivity contribution in [2.24, 2.45) is 0 Å². The topological polar surface area (TPSA) is 52.6 Å². The zero-order valence-corrected chi connectivity index (χ0v) is 11.8. The average molecular weight is 249 g/mol. The fourth-order valence-electron chi connectivity index (χ4n) is 1.28. The maximum Gasteiger partial charge on any atom is 0.416 e. The molecule has 4 nitrogen and oxygen atoms in total. The third kappa shape index (κ3) is 5.04. The molecule has 94 valence electrons. The van der Waals surface area contributed by atoms with Gasteiger partial charge in [0.1, 0.15) is 0 Å². The van der Waals surface area contributed by atoms with Gasteiger partial charge >= 0.3 is 19.1 Å². The summed E-state index contributed by atoms with van der Waals surface area (Å²) in [5.41, 5.74) is 0. The van der Waals surface area contributed by atoms with E-state index in [4.69, 9.17) is 9.47 Å². The van der Waals surface area contributed by atoms with Gasteiger partial charge in [-0.15, -0.1) is 0 Å². The second-order valence-electron chi connectivity index (χ2n) is 4.38. The molecule has 0 radical (unpaired) electrons. The first-order valence-corrected chi connectivity index (χ1v) is 6.87. The zero-order chi connectivity index (χ0) is 12.9. The van der Waals surface area contributed by atoms with Crippen molar-refractivity contribution in [1.29, 1.82) is 0 Å². The standard InChI is InChI=1S/C11H22O4P/c1-7-10(12)15-11(5,6)16(13)9(4)14-8(2)3/h8-9H,7H2,1-6H3/q+1. The highest BCUT2D eigenvalue weighted by Gasteiger charge is 2.48. The summed E-state index contributed by atoms with van der Waals surface area (Å²) in [7, 11) is -1.77. The predicted molar refractivity (Wildman–Crippen MR) is 63.8 cm³/mol. The maximum absolute atomic E-state index is 12.1. The molecule has 0 N–H and O–H groups in total. The molecule has 2 unspecified atom stereocenters. The van der Waals surface area contributed by atoms with Crippen LogP contribution in [0.25, 0.3) is 0 Å². The number of ether oxygens (including phenoxy) is 2. The third-order valence-corrected chi connectivity index (χ3v) is 3.92. The van der Waals surface area contributed by atoms with E-state index in [-0.39, 0.29) is 18.5 Å². The lowest BCUT2D eigenvalue weighted by Crippen LogP contribution is -2.28. The van der Waals surface area contributed by atoms with Crippen molar-refractivity contribution in [2.45, 2.75) is 65.3 Å². The molecule has 0 saturated carbocycles. The van der Waals surface area contributed by atoms with Crippen LogP contribution in [0.1, 0.15) is 48.0 Å². The number of hydrogen-bond acceptors (Lipinski definition) is 4. The Kier molecular flexibility index (Phi) is 6.13. The molecule has 0 rings (SSSR count). The Balaban J connectivity index is 4.50. The minimum atomic E-state index is -1.77. The van der Waals surface area contributed by atoms with E-state index in [2.05, 4.69) is 0 Å². The van der Waals surface area contributed by atoms with Crippen LogP contribution in [0.4, 0.5) is 0 Å². The quantitative estimate of drug-likeness (QED) is 0.535. The van der Waals surface area contributed by atoms with Crippen molar-refractivity contribution in [1.82, 2.24) is 0 Å². The van der Waals surface area contributed by atoms with E-state index in [1.165, 1.54) is 0 Å². The van der Waals surface area contributed by atoms with E-state index in [9.17, 15) is 9.36 Å². The van der Waals surface area contributed by atoms with Gasteiger partial charge in [-0.3, -0.25) is 4.79 Å². The largest absolute Gasteiger partial charge is 0.416 e. The van der Waals surface area contributed by atoms with E-state index < -0.39 is 19.0 Å². The Bertz CT molecular complexity index is 261. The summed E-state index contributed by atoms with van der Waals surface area (Å²) >= 11 is 0. The van der Waals surface area contributed by atoms with Crippen LogP contribution in [0, 0.1) is 0 Å². The summed E-state index contributed by atoms with van der Waals surface area (Å²) in [5, 5.41) is -0.975. The summed E-state index contributed by atoms with van der Waals surface area (Å²) in [6, 6.07) is 0. The van der Waals surface area contributed by atoms with Crippen LogP contribution in [0.5, 0.6) is 0 Å². The van der Waals surface area contributed by atoms with Gasteiger partial charge in [-0.25, -0.2) is 0 Å². The van der Waals surface area contributed by atoms with Gasteiger partial charge in [0.2, 0.25) is 0 Å². The van der Waals surface area contributed by atoms with Crippen LogP contribution >= 0.6 is 7.80 Å². The first kappa shape index (κ1) is 15.5. The maximum atomic E-state index is 12.1. The van der Waals surface area contributed by atoms with Crippen LogP contribution < -0.4 is 0 Å². The van der Waals surface area contributed by atoms with Crippen LogP contribution in [0.2, 0.25) is 0 Å². The van der Waals surface area contributed by atoms with Gasteiger partial charge in [0.05, 0.1) is 6.10 Å². The van der Waals surface area contributed by atoms with Crippen molar-refractivity contribution in [3.63, 3.8) is 0 Å². The number of rotatable bonds is 6. The zero-order valence-electron chi connectivity index (χ0n) is 10.9. The van der Waals surface area contributed by atoms with Gasteiger partial charge in [0, 0.05) is 27.2 Å². The van der Waals surface area contributed by atoms with Gasteiger partial charge in [0.25, 0.3) is 5.85 Å². The van der Waals surface area contributed by atoms with Gasteiger partial charge < -0.3 is 9.47 Å². The molecular formula is C11H22O4P+. The van der Waals surface area contributed by atoms with E-state index in [1.54, 1.807) is 27.7 Å². The van der Waals surface area contributed by atoms with Crippen molar-refractivity contribution >= 4 is 13.8 Å². The Morgan fingerprint density at radius 2 is 1.81 bits per heavy atom. The molecule has 0 aromatic heterocycles. The SMILES string of the molecule is CCC(=O)OC(C)(C)[P+](=O)C(C)OC(C)C. The van der Waals surface area contributed by atoms with E-state index in [0.29, 0.717) is 0 Å². The number of hydrogen-bond donors (Lipinski definition) is 0. The monoisotopic (exact) mass is 249 g/mol. The summed E-state index contributed by atoms with van der Waals surface area (Å²) in [6.07, 6.45) is 0.290. The molecule has 0 bridgehead atoms. The Morgan fingerprint density at radius 3 is 2.19 bits per heavy atom. The van der Waals surface area contributed by atoms with Gasteiger partial charge in [-0.2, -0.15) is 0 Å². The Hall–Kier alpha value is -0.470. The second kappa shape index (κ2) is 6.31. The van der Waals surface area contributed by atoms with Crippen LogP contribution in [-0.4, -0.2) is 23.3 Å². The minimum absolute atomic E-state index is 0.00614. The normalized spacial score (nSPS) is 14.8. The molecule has 0 spiro atoms. The molecule has 0 fully saturated rings. The van der Waals surface area contributed by atoms with E-state index in [0.717, 1.165) is 0 Å². The molecule has 0 saturated heterocycles. The summed E-state index contributed by atoms with van der Waals surface area (Å²) < 4.78 is 22.7. The summed E-state index contributed by atoms with van der Waals surface area (Å²) in [6.45, 7) is 10.5. The van der Waals surface area contributed by atoms with Crippen molar-refractivity contribution in [2.75, 3.05) is 0 Å². The highest BCUT2D eigenvalue weighted by atomic mass is 31.1. The summed E-state index contributed by atoms with van der Waals surface area (Å²) in [5.74, 6) is -0.764. The van der Waals surface area contributed by atoms with Crippen LogP contribution in [0.15, 0.2) is 0 Å². The lowest BCUT2D eigenvalue weighted by Gasteiger charge is -2.18. The molecule has 0 aromatic rings. The fourth-order valence-corrected chi connectivity index (χ4v) is 2.70. The molecule has 0 heterocycles. The number of carbonyl (C=O) groups is 1. The molecule has 5 heteroatoms. The molecule has 2 atom stereocenters. The van der Waals surface area contributed by atoms with Gasteiger partial charge in [0.15, 0.2) is 0 Å². The second-order valence-corrected chi connectivity index (χ2v) is 6.84. The van der Waals surface area contributed by atoms with Crippen molar-refractivity contribution in [3.8, 4) is 0 Å². The van der Waals surface area contributed by atoms with Crippen LogP contribution in [0.3, 0.4) is 0 Å². The smallest absolute Gasteiger partial charge is 0.414 e. The molecule has 0 amide bonds. The van der Waals surface area contributed by atoms with Crippen molar-refractivity contribution in [3.05, 3.63) is 0 Å². The molecular weight excluding hydrogens is 227 g/mol. The molecule has 16 heavy (non-hydrogen) atoms. The van der Waals surface area contributed by atoms with Crippen molar-refractivity contribution < 1.29 is 18.8 Å². The fraction of sp³-hybridized carbons (Fsp3) is 0.909. The number of carbonyl (C=O) groups excluding carboxylic acids is 1. The Morgan fingerprint density at radius 1 is 1.31 bits per heavy atom. The lowest BCUT2D eigenvalue weighted by molar-refractivity contribution is -0.149. The van der Waals surface area contributed by atoms with Gasteiger partial charge in [-0.1, -0.05) is 11.5 Å². The molecule has 0 aliphatic heterocycles. The lowest BCUT2D eigenvalue weighted by atomic mass is 10.4. The highest BCUT2D eigenvalue weighted by molar-refractivity contribution is 7.46. The third-order valence-electron chi connectivity index (χ3n) is 1.98. The molecule has 0 aliphatic rings. The first-order valence-electron chi connectivity index (χ1n) is 5.54. The van der Waals surface area contributed by atoms with E-state index >= 15 is 0 Å². The number of esters is 1. The average Bonchev–Trinajstić information content (AvgIpc) is 2.14. The summed E-state index contributed by atoms with van der Waals surface area (Å²) in [4.78, 5) is 11.2. The first-order chi connectivity index (χ1) is 7.20. The Labute approximate surface area is 98.5 Å². The molecule has 0 aromatic carbocycles. The minimum Gasteiger partial charge on any atom is -0.414 e. The van der Waals surface area contributed by atoms with E-state index in [1.807, 2.05) is 13.8 Å². The van der Waals surface area contributed by atoms with Gasteiger partial charge in [-0.05, 0) is 13.8 Å².